The Morgan fingerprint density at radius 1 is 1.08 bits per heavy atom. The molecule has 0 aliphatic heterocycles. The number of rotatable bonds is 7. The molecule has 192 valence electrons. The normalized spacial score (nSPS) is 11.3. The Balaban J connectivity index is 1.68. The van der Waals surface area contributed by atoms with Gasteiger partial charge < -0.3 is 21.3 Å². The predicted molar refractivity (Wildman–Crippen MR) is 135 cm³/mol. The molecule has 2 aromatic carbocycles. The maximum absolute atomic E-state index is 13.1. The summed E-state index contributed by atoms with van der Waals surface area (Å²) in [6.45, 7) is 3.79. The zero-order valence-corrected chi connectivity index (χ0v) is 20.3. The summed E-state index contributed by atoms with van der Waals surface area (Å²) in [5.41, 5.74) is 7.81. The van der Waals surface area contributed by atoms with Crippen LogP contribution < -0.4 is 21.3 Å². The van der Waals surface area contributed by atoms with Crippen LogP contribution in [0.25, 0.3) is 5.82 Å². The molecule has 4 rings (SSSR count). The number of hydrogen-bond acceptors (Lipinski definition) is 7. The number of aryl methyl sites for hydroxylation is 2. The quantitative estimate of drug-likeness (QED) is 0.310. The molecule has 2 aromatic heterocycles. The molecule has 0 aliphatic rings. The van der Waals surface area contributed by atoms with E-state index in [0.29, 0.717) is 28.8 Å². The standard InChI is InChI=1S/C25H25F3N8O/c1-15-7-8-19(33-24(37)17-5-4-6-18(10-17)25(26,27)28)11-20(15)35(13-29)23-9-16(2)34-36(23)22-12-21(30-3)31-14-32-22/h4-12,14H,13,29H2,1-3H3,(H,33,37)(H,30,31,32). The summed E-state index contributed by atoms with van der Waals surface area (Å²) in [5.74, 6) is 1.10. The number of alkyl halides is 3. The number of hydrogen-bond donors (Lipinski definition) is 3. The van der Waals surface area contributed by atoms with E-state index < -0.39 is 17.6 Å². The van der Waals surface area contributed by atoms with Crippen LogP contribution in [0.1, 0.15) is 27.2 Å². The van der Waals surface area contributed by atoms with Gasteiger partial charge in [-0.2, -0.15) is 23.0 Å². The summed E-state index contributed by atoms with van der Waals surface area (Å²) < 4.78 is 40.9. The average molecular weight is 511 g/mol. The van der Waals surface area contributed by atoms with Crippen molar-refractivity contribution in [2.75, 3.05) is 29.2 Å². The van der Waals surface area contributed by atoms with Gasteiger partial charge >= 0.3 is 6.18 Å². The highest BCUT2D eigenvalue weighted by Crippen LogP contribution is 2.33. The fourth-order valence-electron chi connectivity index (χ4n) is 3.78. The molecule has 4 N–H and O–H groups in total. The van der Waals surface area contributed by atoms with Crippen molar-refractivity contribution in [3.63, 3.8) is 0 Å². The van der Waals surface area contributed by atoms with Crippen molar-refractivity contribution in [3.05, 3.63) is 83.3 Å². The van der Waals surface area contributed by atoms with E-state index >= 15 is 0 Å². The number of nitrogens with one attached hydrogen (secondary N) is 2. The van der Waals surface area contributed by atoms with Crippen LogP contribution in [-0.2, 0) is 6.18 Å². The third kappa shape index (κ3) is 5.54. The zero-order valence-electron chi connectivity index (χ0n) is 20.3. The summed E-state index contributed by atoms with van der Waals surface area (Å²) in [7, 11) is 1.75. The molecular formula is C25H25F3N8O. The smallest absolute Gasteiger partial charge is 0.373 e. The molecule has 2 heterocycles. The molecule has 0 saturated heterocycles. The lowest BCUT2D eigenvalue weighted by molar-refractivity contribution is -0.137. The first-order valence-corrected chi connectivity index (χ1v) is 11.2. The van der Waals surface area contributed by atoms with Crippen molar-refractivity contribution < 1.29 is 18.0 Å². The fourth-order valence-corrected chi connectivity index (χ4v) is 3.78. The van der Waals surface area contributed by atoms with Crippen molar-refractivity contribution >= 4 is 28.9 Å². The molecule has 0 spiro atoms. The molecule has 12 heteroatoms. The minimum Gasteiger partial charge on any atom is -0.373 e. The highest BCUT2D eigenvalue weighted by Gasteiger charge is 2.31. The topological polar surface area (TPSA) is 114 Å². The number of amides is 1. The molecule has 0 bridgehead atoms. The van der Waals surface area contributed by atoms with Gasteiger partial charge in [0.1, 0.15) is 18.0 Å². The maximum Gasteiger partial charge on any atom is 0.416 e. The lowest BCUT2D eigenvalue weighted by atomic mass is 10.1. The Morgan fingerprint density at radius 2 is 1.86 bits per heavy atom. The van der Waals surface area contributed by atoms with Crippen LogP contribution in [0.3, 0.4) is 0 Å². The van der Waals surface area contributed by atoms with E-state index in [2.05, 4.69) is 25.7 Å². The van der Waals surface area contributed by atoms with Gasteiger partial charge in [0.05, 0.1) is 17.9 Å². The molecule has 1 amide bonds. The number of carbonyl (C=O) groups is 1. The van der Waals surface area contributed by atoms with Gasteiger partial charge in [0.2, 0.25) is 0 Å². The number of aromatic nitrogens is 4. The van der Waals surface area contributed by atoms with Gasteiger partial charge in [-0.15, -0.1) is 0 Å². The van der Waals surface area contributed by atoms with E-state index in [4.69, 9.17) is 5.73 Å². The van der Waals surface area contributed by atoms with E-state index in [1.54, 1.807) is 40.9 Å². The Hall–Kier alpha value is -4.45. The molecule has 4 aromatic rings. The Bertz CT molecular complexity index is 1430. The van der Waals surface area contributed by atoms with Gasteiger partial charge in [0.15, 0.2) is 5.82 Å². The first kappa shape index (κ1) is 25.6. The molecule has 0 radical (unpaired) electrons. The SMILES string of the molecule is CNc1cc(-n2nc(C)cc2N(CN)c2cc(NC(=O)c3cccc(C(F)(F)F)c3)ccc2C)ncn1. The van der Waals surface area contributed by atoms with Crippen LogP contribution in [0, 0.1) is 13.8 Å². The Labute approximate surface area is 211 Å². The largest absolute Gasteiger partial charge is 0.416 e. The number of halogens is 3. The fraction of sp³-hybridized carbons (Fsp3) is 0.200. The third-order valence-corrected chi connectivity index (χ3v) is 5.61. The molecule has 0 atom stereocenters. The van der Waals surface area contributed by atoms with Crippen LogP contribution in [0.15, 0.2) is 60.9 Å². The first-order valence-electron chi connectivity index (χ1n) is 11.2. The van der Waals surface area contributed by atoms with Crippen LogP contribution in [0.5, 0.6) is 0 Å². The second kappa shape index (κ2) is 10.3. The van der Waals surface area contributed by atoms with Crippen molar-refractivity contribution in [2.45, 2.75) is 20.0 Å². The van der Waals surface area contributed by atoms with Gasteiger partial charge in [-0.25, -0.2) is 9.97 Å². The molecule has 9 nitrogen and oxygen atoms in total. The van der Waals surface area contributed by atoms with Gasteiger partial charge in [-0.05, 0) is 49.7 Å². The summed E-state index contributed by atoms with van der Waals surface area (Å²) >= 11 is 0. The molecule has 37 heavy (non-hydrogen) atoms. The van der Waals surface area contributed by atoms with Crippen LogP contribution in [-0.4, -0.2) is 39.4 Å². The average Bonchev–Trinajstić information content (AvgIpc) is 3.27. The second-order valence-electron chi connectivity index (χ2n) is 8.21. The van der Waals surface area contributed by atoms with Crippen molar-refractivity contribution in [1.29, 1.82) is 0 Å². The monoisotopic (exact) mass is 510 g/mol. The minimum atomic E-state index is -4.55. The third-order valence-electron chi connectivity index (χ3n) is 5.61. The maximum atomic E-state index is 13.1. The zero-order chi connectivity index (χ0) is 26.7. The highest BCUT2D eigenvalue weighted by molar-refractivity contribution is 6.04. The number of carbonyl (C=O) groups excluding carboxylic acids is 1. The lowest BCUT2D eigenvalue weighted by Gasteiger charge is -2.25. The number of nitrogens with two attached hydrogens (primary N) is 1. The molecule has 0 fully saturated rings. The van der Waals surface area contributed by atoms with Gasteiger partial charge in [0, 0.05) is 36.1 Å². The molecule has 0 unspecified atom stereocenters. The number of benzene rings is 2. The predicted octanol–water partition coefficient (Wildman–Crippen LogP) is 4.65. The summed E-state index contributed by atoms with van der Waals surface area (Å²) in [6.07, 6.45) is -3.13. The minimum absolute atomic E-state index is 0.0704. The van der Waals surface area contributed by atoms with Crippen LogP contribution in [0.2, 0.25) is 0 Å². The highest BCUT2D eigenvalue weighted by atomic mass is 19.4. The number of nitrogens with zero attached hydrogens (tertiary/aromatic N) is 5. The summed E-state index contributed by atoms with van der Waals surface area (Å²) in [5, 5.41) is 10.2. The van der Waals surface area contributed by atoms with Gasteiger partial charge in [0.25, 0.3) is 5.91 Å². The van der Waals surface area contributed by atoms with Crippen molar-refractivity contribution in [2.24, 2.45) is 5.73 Å². The van der Waals surface area contributed by atoms with Crippen LogP contribution >= 0.6 is 0 Å². The van der Waals surface area contributed by atoms with E-state index in [1.165, 1.54) is 18.5 Å². The Morgan fingerprint density at radius 3 is 2.57 bits per heavy atom. The first-order chi connectivity index (χ1) is 17.6. The van der Waals surface area contributed by atoms with E-state index in [1.807, 2.05) is 19.9 Å². The molecular weight excluding hydrogens is 485 g/mol. The summed E-state index contributed by atoms with van der Waals surface area (Å²) in [4.78, 5) is 23.0. The van der Waals surface area contributed by atoms with E-state index in [0.717, 1.165) is 23.4 Å². The lowest BCUT2D eigenvalue weighted by Crippen LogP contribution is -2.28. The Kier molecular flexibility index (Phi) is 7.11. The van der Waals surface area contributed by atoms with Crippen molar-refractivity contribution in [1.82, 2.24) is 19.7 Å². The van der Waals surface area contributed by atoms with E-state index in [9.17, 15) is 18.0 Å². The van der Waals surface area contributed by atoms with Crippen LogP contribution in [0.4, 0.5) is 36.2 Å². The summed E-state index contributed by atoms with van der Waals surface area (Å²) in [6, 6.07) is 13.0. The van der Waals surface area contributed by atoms with Crippen molar-refractivity contribution in [3.8, 4) is 5.82 Å². The second-order valence-corrected chi connectivity index (χ2v) is 8.21. The van der Waals surface area contributed by atoms with Gasteiger partial charge in [-0.3, -0.25) is 4.79 Å². The molecule has 0 aliphatic carbocycles. The van der Waals surface area contributed by atoms with Gasteiger partial charge in [-0.1, -0.05) is 12.1 Å². The van der Waals surface area contributed by atoms with E-state index in [-0.39, 0.29) is 12.2 Å². The number of anilines is 4. The molecule has 0 saturated carbocycles.